The van der Waals surface area contributed by atoms with Crippen LogP contribution in [0.2, 0.25) is 0 Å². The summed E-state index contributed by atoms with van der Waals surface area (Å²) in [5, 5.41) is 2.91. The molecular weight excluding hydrogens is 318 g/mol. The molecule has 0 aliphatic rings. The van der Waals surface area contributed by atoms with Gasteiger partial charge in [-0.1, -0.05) is 12.1 Å². The number of hydrogen-bond donors (Lipinski definition) is 1. The van der Waals surface area contributed by atoms with Gasteiger partial charge in [0, 0.05) is 12.1 Å². The van der Waals surface area contributed by atoms with Crippen LogP contribution in [0.5, 0.6) is 17.2 Å². The highest BCUT2D eigenvalue weighted by Gasteiger charge is 2.11. The molecule has 5 heteroatoms. The van der Waals surface area contributed by atoms with Crippen LogP contribution in [-0.4, -0.2) is 25.7 Å². The Kier molecular flexibility index (Phi) is 7.14. The number of hydrogen-bond acceptors (Lipinski definition) is 4. The van der Waals surface area contributed by atoms with E-state index in [0.717, 1.165) is 11.3 Å². The number of amides is 1. The van der Waals surface area contributed by atoms with Crippen LogP contribution >= 0.6 is 0 Å². The number of ether oxygens (including phenoxy) is 3. The highest BCUT2D eigenvalue weighted by Crippen LogP contribution is 2.28. The first-order chi connectivity index (χ1) is 12.2. The van der Waals surface area contributed by atoms with E-state index in [1.54, 1.807) is 18.2 Å². The molecule has 0 saturated carbocycles. The molecule has 1 amide bonds. The van der Waals surface area contributed by atoms with Crippen molar-refractivity contribution in [2.24, 2.45) is 0 Å². The van der Waals surface area contributed by atoms with Crippen LogP contribution in [0, 0.1) is 0 Å². The molecule has 0 saturated heterocycles. The van der Waals surface area contributed by atoms with Crippen molar-refractivity contribution in [3.05, 3.63) is 53.6 Å². The first kappa shape index (κ1) is 18.6. The Balaban J connectivity index is 2.05. The standard InChI is InChI=1S/C20H25NO4/c1-4-23-17-9-7-8-15(12-17)14-21-20(22)16-10-11-18(24-5-2)19(13-16)25-6-3/h7-13H,4-6,14H2,1-3H3,(H,21,22). The Labute approximate surface area is 148 Å². The zero-order valence-electron chi connectivity index (χ0n) is 15.0. The maximum absolute atomic E-state index is 12.4. The Hall–Kier alpha value is -2.69. The van der Waals surface area contributed by atoms with Gasteiger partial charge in [-0.05, 0) is 56.7 Å². The molecular formula is C20H25NO4. The van der Waals surface area contributed by atoms with Gasteiger partial charge in [0.1, 0.15) is 5.75 Å². The minimum absolute atomic E-state index is 0.161. The smallest absolute Gasteiger partial charge is 0.251 e. The molecule has 134 valence electrons. The number of nitrogens with one attached hydrogen (secondary N) is 1. The molecule has 0 spiro atoms. The second kappa shape index (κ2) is 9.57. The molecule has 1 N–H and O–H groups in total. The van der Waals surface area contributed by atoms with Crippen LogP contribution in [0.3, 0.4) is 0 Å². The molecule has 0 aromatic heterocycles. The van der Waals surface area contributed by atoms with E-state index in [4.69, 9.17) is 14.2 Å². The van der Waals surface area contributed by atoms with Crippen molar-refractivity contribution in [3.63, 3.8) is 0 Å². The number of rotatable bonds is 9. The number of carbonyl (C=O) groups excluding carboxylic acids is 1. The van der Waals surface area contributed by atoms with Crippen molar-refractivity contribution in [2.45, 2.75) is 27.3 Å². The third-order valence-electron chi connectivity index (χ3n) is 3.47. The summed E-state index contributed by atoms with van der Waals surface area (Å²) in [6, 6.07) is 12.9. The Morgan fingerprint density at radius 3 is 2.32 bits per heavy atom. The number of benzene rings is 2. The fourth-order valence-electron chi connectivity index (χ4n) is 2.39. The van der Waals surface area contributed by atoms with E-state index in [1.165, 1.54) is 0 Å². The van der Waals surface area contributed by atoms with Crippen LogP contribution < -0.4 is 19.5 Å². The van der Waals surface area contributed by atoms with Crippen LogP contribution in [0.25, 0.3) is 0 Å². The predicted octanol–water partition coefficient (Wildman–Crippen LogP) is 3.81. The summed E-state index contributed by atoms with van der Waals surface area (Å²) in [6.07, 6.45) is 0. The zero-order valence-corrected chi connectivity index (χ0v) is 15.0. The fraction of sp³-hybridized carbons (Fsp3) is 0.350. The minimum atomic E-state index is -0.161. The summed E-state index contributed by atoms with van der Waals surface area (Å²) in [6.45, 7) is 7.84. The zero-order chi connectivity index (χ0) is 18.1. The first-order valence-corrected chi connectivity index (χ1v) is 8.57. The van der Waals surface area contributed by atoms with E-state index >= 15 is 0 Å². The fourth-order valence-corrected chi connectivity index (χ4v) is 2.39. The van der Waals surface area contributed by atoms with Crippen LogP contribution in [0.1, 0.15) is 36.7 Å². The van der Waals surface area contributed by atoms with Gasteiger partial charge in [0.2, 0.25) is 0 Å². The van der Waals surface area contributed by atoms with Gasteiger partial charge in [-0.2, -0.15) is 0 Å². The summed E-state index contributed by atoms with van der Waals surface area (Å²) in [5.41, 5.74) is 1.52. The molecule has 2 aromatic carbocycles. The van der Waals surface area contributed by atoms with Gasteiger partial charge < -0.3 is 19.5 Å². The van der Waals surface area contributed by atoms with E-state index < -0.39 is 0 Å². The SMILES string of the molecule is CCOc1cccc(CNC(=O)c2ccc(OCC)c(OCC)c2)c1. The summed E-state index contributed by atoms with van der Waals surface area (Å²) in [5.74, 6) is 1.86. The highest BCUT2D eigenvalue weighted by molar-refractivity contribution is 5.94. The lowest BCUT2D eigenvalue weighted by molar-refractivity contribution is 0.0950. The van der Waals surface area contributed by atoms with Gasteiger partial charge in [0.05, 0.1) is 19.8 Å². The van der Waals surface area contributed by atoms with Gasteiger partial charge >= 0.3 is 0 Å². The normalized spacial score (nSPS) is 10.2. The Morgan fingerprint density at radius 1 is 0.880 bits per heavy atom. The Bertz CT molecular complexity index is 700. The van der Waals surface area contributed by atoms with Crippen molar-refractivity contribution in [3.8, 4) is 17.2 Å². The summed E-state index contributed by atoms with van der Waals surface area (Å²) >= 11 is 0. The molecule has 0 aliphatic carbocycles. The molecule has 25 heavy (non-hydrogen) atoms. The molecule has 0 bridgehead atoms. The molecule has 0 aliphatic heterocycles. The third-order valence-corrected chi connectivity index (χ3v) is 3.47. The first-order valence-electron chi connectivity index (χ1n) is 8.57. The van der Waals surface area contributed by atoms with E-state index in [2.05, 4.69) is 5.32 Å². The average Bonchev–Trinajstić information content (AvgIpc) is 2.62. The van der Waals surface area contributed by atoms with Gasteiger partial charge in [0.15, 0.2) is 11.5 Å². The lowest BCUT2D eigenvalue weighted by Gasteiger charge is -2.12. The summed E-state index contributed by atoms with van der Waals surface area (Å²) in [7, 11) is 0. The van der Waals surface area contributed by atoms with E-state index in [1.807, 2.05) is 45.0 Å². The summed E-state index contributed by atoms with van der Waals surface area (Å²) < 4.78 is 16.6. The largest absolute Gasteiger partial charge is 0.494 e. The van der Waals surface area contributed by atoms with Gasteiger partial charge in [-0.3, -0.25) is 4.79 Å². The number of carbonyl (C=O) groups is 1. The second-order valence-electron chi connectivity index (χ2n) is 5.29. The average molecular weight is 343 g/mol. The van der Waals surface area contributed by atoms with Crippen molar-refractivity contribution in [2.75, 3.05) is 19.8 Å². The van der Waals surface area contributed by atoms with Gasteiger partial charge in [-0.25, -0.2) is 0 Å². The van der Waals surface area contributed by atoms with E-state index in [0.29, 0.717) is 43.4 Å². The maximum Gasteiger partial charge on any atom is 0.251 e. The highest BCUT2D eigenvalue weighted by atomic mass is 16.5. The molecule has 5 nitrogen and oxygen atoms in total. The lowest BCUT2D eigenvalue weighted by atomic mass is 10.1. The van der Waals surface area contributed by atoms with Gasteiger partial charge in [0.25, 0.3) is 5.91 Å². The van der Waals surface area contributed by atoms with Crippen molar-refractivity contribution in [1.29, 1.82) is 0 Å². The molecule has 0 atom stereocenters. The van der Waals surface area contributed by atoms with Crippen molar-refractivity contribution >= 4 is 5.91 Å². The molecule has 2 aromatic rings. The predicted molar refractivity (Wildman–Crippen MR) is 97.6 cm³/mol. The maximum atomic E-state index is 12.4. The van der Waals surface area contributed by atoms with Crippen molar-refractivity contribution < 1.29 is 19.0 Å². The molecule has 0 heterocycles. The van der Waals surface area contributed by atoms with E-state index in [-0.39, 0.29) is 5.91 Å². The van der Waals surface area contributed by atoms with Crippen LogP contribution in [0.4, 0.5) is 0 Å². The van der Waals surface area contributed by atoms with Crippen LogP contribution in [-0.2, 0) is 6.54 Å². The van der Waals surface area contributed by atoms with Gasteiger partial charge in [-0.15, -0.1) is 0 Å². The summed E-state index contributed by atoms with van der Waals surface area (Å²) in [4.78, 5) is 12.4. The van der Waals surface area contributed by atoms with Crippen LogP contribution in [0.15, 0.2) is 42.5 Å². The molecule has 0 fully saturated rings. The minimum Gasteiger partial charge on any atom is -0.494 e. The molecule has 2 rings (SSSR count). The topological polar surface area (TPSA) is 56.8 Å². The molecule has 0 radical (unpaired) electrons. The Morgan fingerprint density at radius 2 is 1.60 bits per heavy atom. The lowest BCUT2D eigenvalue weighted by Crippen LogP contribution is -2.22. The van der Waals surface area contributed by atoms with E-state index in [9.17, 15) is 4.79 Å². The quantitative estimate of drug-likeness (QED) is 0.752. The van der Waals surface area contributed by atoms with Crippen molar-refractivity contribution in [1.82, 2.24) is 5.32 Å². The second-order valence-corrected chi connectivity index (χ2v) is 5.29. The monoisotopic (exact) mass is 343 g/mol. The third kappa shape index (κ3) is 5.41. The molecule has 0 unspecified atom stereocenters.